The lowest BCUT2D eigenvalue weighted by atomic mass is 10.0. The summed E-state index contributed by atoms with van der Waals surface area (Å²) >= 11 is 0. The van der Waals surface area contributed by atoms with E-state index in [9.17, 15) is 4.79 Å². The zero-order valence-electron chi connectivity index (χ0n) is 10.0. The highest BCUT2D eigenvalue weighted by molar-refractivity contribution is 5.94. The summed E-state index contributed by atoms with van der Waals surface area (Å²) < 4.78 is 5.61. The first-order chi connectivity index (χ1) is 8.09. The van der Waals surface area contributed by atoms with E-state index in [1.54, 1.807) is 24.3 Å². The van der Waals surface area contributed by atoms with Crippen molar-refractivity contribution in [2.75, 3.05) is 18.9 Å². The van der Waals surface area contributed by atoms with E-state index in [1.165, 1.54) is 0 Å². The van der Waals surface area contributed by atoms with Gasteiger partial charge in [-0.3, -0.25) is 4.79 Å². The maximum atomic E-state index is 11.8. The average Bonchev–Trinajstić information content (AvgIpc) is 2.75. The van der Waals surface area contributed by atoms with Gasteiger partial charge in [0.05, 0.1) is 5.60 Å². The Hall–Kier alpha value is -1.55. The van der Waals surface area contributed by atoms with Crippen molar-refractivity contribution < 1.29 is 9.53 Å². The number of nitrogen functional groups attached to an aromatic ring is 1. The molecule has 0 spiro atoms. The maximum Gasteiger partial charge on any atom is 0.251 e. The highest BCUT2D eigenvalue weighted by Gasteiger charge is 2.30. The number of nitrogens with one attached hydrogen (secondary N) is 1. The van der Waals surface area contributed by atoms with E-state index in [-0.39, 0.29) is 11.5 Å². The molecule has 0 aromatic heterocycles. The van der Waals surface area contributed by atoms with Crippen molar-refractivity contribution in [2.24, 2.45) is 0 Å². The van der Waals surface area contributed by atoms with Crippen molar-refractivity contribution in [3.05, 3.63) is 29.8 Å². The van der Waals surface area contributed by atoms with E-state index in [2.05, 4.69) is 5.32 Å². The SMILES string of the molecule is CC1(CNC(=O)c2ccc(N)cc2)CCCO1. The molecular weight excluding hydrogens is 216 g/mol. The molecule has 1 atom stereocenters. The quantitative estimate of drug-likeness (QED) is 0.780. The maximum absolute atomic E-state index is 11.8. The van der Waals surface area contributed by atoms with Crippen molar-refractivity contribution in [3.63, 3.8) is 0 Å². The third kappa shape index (κ3) is 2.97. The van der Waals surface area contributed by atoms with Crippen LogP contribution in [0.25, 0.3) is 0 Å². The topological polar surface area (TPSA) is 64.4 Å². The standard InChI is InChI=1S/C13H18N2O2/c1-13(7-2-8-17-13)9-15-12(16)10-3-5-11(14)6-4-10/h3-6H,2,7-9,14H2,1H3,(H,15,16). The monoisotopic (exact) mass is 234 g/mol. The molecule has 4 heteroatoms. The molecule has 1 aromatic rings. The van der Waals surface area contributed by atoms with Crippen LogP contribution in [0.4, 0.5) is 5.69 Å². The van der Waals surface area contributed by atoms with Crippen molar-refractivity contribution >= 4 is 11.6 Å². The number of amides is 1. The minimum Gasteiger partial charge on any atom is -0.399 e. The van der Waals surface area contributed by atoms with Gasteiger partial charge in [0, 0.05) is 24.4 Å². The summed E-state index contributed by atoms with van der Waals surface area (Å²) in [5, 5.41) is 2.90. The van der Waals surface area contributed by atoms with Crippen LogP contribution in [0, 0.1) is 0 Å². The Bertz CT molecular complexity index is 394. The Kier molecular flexibility index (Phi) is 3.33. The fourth-order valence-electron chi connectivity index (χ4n) is 1.98. The molecule has 1 heterocycles. The summed E-state index contributed by atoms with van der Waals surface area (Å²) in [6.07, 6.45) is 2.06. The minimum atomic E-state index is -0.205. The van der Waals surface area contributed by atoms with Crippen LogP contribution in [-0.4, -0.2) is 24.7 Å². The molecule has 2 rings (SSSR count). The van der Waals surface area contributed by atoms with Gasteiger partial charge in [-0.05, 0) is 44.0 Å². The number of ether oxygens (including phenoxy) is 1. The smallest absolute Gasteiger partial charge is 0.251 e. The Morgan fingerprint density at radius 1 is 1.47 bits per heavy atom. The largest absolute Gasteiger partial charge is 0.399 e. The summed E-state index contributed by atoms with van der Waals surface area (Å²) in [7, 11) is 0. The lowest BCUT2D eigenvalue weighted by Crippen LogP contribution is -2.40. The minimum absolute atomic E-state index is 0.0817. The van der Waals surface area contributed by atoms with Crippen molar-refractivity contribution in [3.8, 4) is 0 Å². The van der Waals surface area contributed by atoms with E-state index in [0.717, 1.165) is 19.4 Å². The van der Waals surface area contributed by atoms with E-state index < -0.39 is 0 Å². The molecule has 1 fully saturated rings. The second kappa shape index (κ2) is 4.75. The summed E-state index contributed by atoms with van der Waals surface area (Å²) in [4.78, 5) is 11.8. The average molecular weight is 234 g/mol. The number of benzene rings is 1. The summed E-state index contributed by atoms with van der Waals surface area (Å²) in [6.45, 7) is 3.37. The zero-order chi connectivity index (χ0) is 12.3. The van der Waals surface area contributed by atoms with Gasteiger partial charge < -0.3 is 15.8 Å². The second-order valence-corrected chi connectivity index (χ2v) is 4.71. The molecule has 0 bridgehead atoms. The number of rotatable bonds is 3. The van der Waals surface area contributed by atoms with Crippen LogP contribution >= 0.6 is 0 Å². The van der Waals surface area contributed by atoms with Gasteiger partial charge in [0.1, 0.15) is 0 Å². The number of hydrogen-bond acceptors (Lipinski definition) is 3. The van der Waals surface area contributed by atoms with Crippen LogP contribution in [0.5, 0.6) is 0 Å². The molecule has 0 saturated carbocycles. The Morgan fingerprint density at radius 3 is 2.76 bits per heavy atom. The van der Waals surface area contributed by atoms with E-state index in [0.29, 0.717) is 17.8 Å². The molecule has 17 heavy (non-hydrogen) atoms. The number of hydrogen-bond donors (Lipinski definition) is 2. The normalized spacial score (nSPS) is 23.6. The van der Waals surface area contributed by atoms with Crippen LogP contribution in [0.3, 0.4) is 0 Å². The lowest BCUT2D eigenvalue weighted by Gasteiger charge is -2.23. The third-order valence-corrected chi connectivity index (χ3v) is 3.10. The van der Waals surface area contributed by atoms with Gasteiger partial charge in [0.25, 0.3) is 5.91 Å². The first-order valence-electron chi connectivity index (χ1n) is 5.87. The second-order valence-electron chi connectivity index (χ2n) is 4.71. The van der Waals surface area contributed by atoms with Crippen molar-refractivity contribution in [1.82, 2.24) is 5.32 Å². The number of carbonyl (C=O) groups excluding carboxylic acids is 1. The summed E-state index contributed by atoms with van der Waals surface area (Å²) in [6, 6.07) is 6.90. The molecule has 1 aliphatic heterocycles. The summed E-state index contributed by atoms with van der Waals surface area (Å²) in [5.74, 6) is -0.0817. The number of anilines is 1. The van der Waals surface area contributed by atoms with Crippen LogP contribution in [0.15, 0.2) is 24.3 Å². The van der Waals surface area contributed by atoms with Gasteiger partial charge in [0.2, 0.25) is 0 Å². The molecule has 1 aromatic carbocycles. The predicted octanol–water partition coefficient (Wildman–Crippen LogP) is 1.57. The fraction of sp³-hybridized carbons (Fsp3) is 0.462. The van der Waals surface area contributed by atoms with Crippen molar-refractivity contribution in [2.45, 2.75) is 25.4 Å². The van der Waals surface area contributed by atoms with Gasteiger partial charge >= 0.3 is 0 Å². The number of carbonyl (C=O) groups is 1. The molecule has 92 valence electrons. The van der Waals surface area contributed by atoms with E-state index >= 15 is 0 Å². The van der Waals surface area contributed by atoms with Crippen LogP contribution < -0.4 is 11.1 Å². The molecule has 1 aliphatic rings. The van der Waals surface area contributed by atoms with Gasteiger partial charge in [0.15, 0.2) is 0 Å². The van der Waals surface area contributed by atoms with Crippen LogP contribution in [-0.2, 0) is 4.74 Å². The van der Waals surface area contributed by atoms with Gasteiger partial charge in [-0.1, -0.05) is 0 Å². The molecule has 0 radical (unpaired) electrons. The zero-order valence-corrected chi connectivity index (χ0v) is 10.0. The predicted molar refractivity (Wildman–Crippen MR) is 66.8 cm³/mol. The van der Waals surface area contributed by atoms with Crippen molar-refractivity contribution in [1.29, 1.82) is 0 Å². The third-order valence-electron chi connectivity index (χ3n) is 3.10. The molecule has 4 nitrogen and oxygen atoms in total. The molecule has 1 saturated heterocycles. The number of nitrogens with two attached hydrogens (primary N) is 1. The highest BCUT2D eigenvalue weighted by atomic mass is 16.5. The first-order valence-corrected chi connectivity index (χ1v) is 5.87. The summed E-state index contributed by atoms with van der Waals surface area (Å²) in [5.41, 5.74) is 6.65. The molecule has 1 unspecified atom stereocenters. The highest BCUT2D eigenvalue weighted by Crippen LogP contribution is 2.23. The lowest BCUT2D eigenvalue weighted by molar-refractivity contribution is 0.0206. The van der Waals surface area contributed by atoms with E-state index in [4.69, 9.17) is 10.5 Å². The van der Waals surface area contributed by atoms with Crippen LogP contribution in [0.2, 0.25) is 0 Å². The first kappa shape index (κ1) is 11.9. The van der Waals surface area contributed by atoms with Gasteiger partial charge in [-0.25, -0.2) is 0 Å². The Labute approximate surface area is 101 Å². The van der Waals surface area contributed by atoms with Crippen LogP contribution in [0.1, 0.15) is 30.1 Å². The van der Waals surface area contributed by atoms with Gasteiger partial charge in [-0.2, -0.15) is 0 Å². The molecule has 0 aliphatic carbocycles. The molecular formula is C13H18N2O2. The Balaban J connectivity index is 1.91. The molecule has 1 amide bonds. The molecule has 3 N–H and O–H groups in total. The Morgan fingerprint density at radius 2 is 2.18 bits per heavy atom. The van der Waals surface area contributed by atoms with Gasteiger partial charge in [-0.15, -0.1) is 0 Å². The van der Waals surface area contributed by atoms with E-state index in [1.807, 2.05) is 6.92 Å². The fourth-order valence-corrected chi connectivity index (χ4v) is 1.98.